The molecule has 0 radical (unpaired) electrons. The number of hydrogen-bond acceptors (Lipinski definition) is 5. The number of carbonyl (C=O) groups excluding carboxylic acids is 1. The number of aromatic nitrogens is 1. The summed E-state index contributed by atoms with van der Waals surface area (Å²) in [6, 6.07) is 15.4. The van der Waals surface area contributed by atoms with E-state index in [1.54, 1.807) is 18.4 Å². The quantitative estimate of drug-likeness (QED) is 0.628. The van der Waals surface area contributed by atoms with Crippen molar-refractivity contribution < 1.29 is 14.3 Å². The van der Waals surface area contributed by atoms with Crippen LogP contribution in [0.25, 0.3) is 10.2 Å². The summed E-state index contributed by atoms with van der Waals surface area (Å²) in [6.45, 7) is 0.907. The first-order chi connectivity index (χ1) is 12.2. The lowest BCUT2D eigenvalue weighted by Crippen LogP contribution is -2.28. The molecule has 0 aliphatic rings. The molecule has 3 rings (SSSR count). The Hall–Kier alpha value is -2.60. The van der Waals surface area contributed by atoms with Gasteiger partial charge in [0.05, 0.1) is 28.9 Å². The number of rotatable bonds is 8. The number of hydrogen-bond donors (Lipinski definition) is 1. The number of carbonyl (C=O) groups is 1. The van der Waals surface area contributed by atoms with E-state index in [1.807, 2.05) is 48.5 Å². The topological polar surface area (TPSA) is 60.5 Å². The van der Waals surface area contributed by atoms with Crippen LogP contribution < -0.4 is 14.8 Å². The Morgan fingerprint density at radius 3 is 2.64 bits per heavy atom. The Labute approximate surface area is 150 Å². The maximum Gasteiger partial charge on any atom is 0.220 e. The van der Waals surface area contributed by atoms with Crippen molar-refractivity contribution in [3.8, 4) is 11.5 Å². The van der Waals surface area contributed by atoms with Crippen molar-refractivity contribution in [1.29, 1.82) is 0 Å². The van der Waals surface area contributed by atoms with Crippen molar-refractivity contribution in [2.75, 3.05) is 20.3 Å². The summed E-state index contributed by atoms with van der Waals surface area (Å²) >= 11 is 1.64. The number of benzene rings is 2. The van der Waals surface area contributed by atoms with Crippen LogP contribution in [-0.4, -0.2) is 31.2 Å². The number of para-hydroxylation sites is 1. The molecule has 3 aromatic rings. The molecule has 6 heteroatoms. The van der Waals surface area contributed by atoms with Crippen molar-refractivity contribution >= 4 is 27.5 Å². The Morgan fingerprint density at radius 2 is 1.88 bits per heavy atom. The molecule has 2 aromatic carbocycles. The Balaban J connectivity index is 1.36. The van der Waals surface area contributed by atoms with Crippen LogP contribution in [0, 0.1) is 0 Å². The molecule has 0 fully saturated rings. The Kier molecular flexibility index (Phi) is 5.85. The molecule has 0 bridgehead atoms. The first-order valence-corrected chi connectivity index (χ1v) is 8.94. The van der Waals surface area contributed by atoms with Crippen molar-refractivity contribution in [2.45, 2.75) is 12.8 Å². The number of thiazole rings is 1. The van der Waals surface area contributed by atoms with Crippen LogP contribution in [0.3, 0.4) is 0 Å². The highest BCUT2D eigenvalue weighted by Gasteiger charge is 2.06. The van der Waals surface area contributed by atoms with Gasteiger partial charge in [0.1, 0.15) is 18.1 Å². The van der Waals surface area contributed by atoms with Crippen LogP contribution >= 0.6 is 11.3 Å². The number of aryl methyl sites for hydroxylation is 1. The SMILES string of the molecule is COc1ccc(OCCNC(=O)CCc2nc3ccccc3s2)cc1. The summed E-state index contributed by atoms with van der Waals surface area (Å²) in [7, 11) is 1.62. The zero-order valence-electron chi connectivity index (χ0n) is 14.0. The van der Waals surface area contributed by atoms with Gasteiger partial charge in [-0.1, -0.05) is 12.1 Å². The van der Waals surface area contributed by atoms with Gasteiger partial charge in [-0.3, -0.25) is 4.79 Å². The predicted octanol–water partition coefficient (Wildman–Crippen LogP) is 3.43. The second-order valence-electron chi connectivity index (χ2n) is 5.45. The van der Waals surface area contributed by atoms with Gasteiger partial charge in [-0.25, -0.2) is 4.98 Å². The van der Waals surface area contributed by atoms with Crippen molar-refractivity contribution in [3.63, 3.8) is 0 Å². The minimum atomic E-state index is 0.0117. The van der Waals surface area contributed by atoms with E-state index in [-0.39, 0.29) is 5.91 Å². The lowest BCUT2D eigenvalue weighted by atomic mass is 10.3. The zero-order chi connectivity index (χ0) is 17.5. The molecular weight excluding hydrogens is 336 g/mol. The van der Waals surface area contributed by atoms with E-state index in [4.69, 9.17) is 9.47 Å². The zero-order valence-corrected chi connectivity index (χ0v) is 14.8. The van der Waals surface area contributed by atoms with Gasteiger partial charge in [0.25, 0.3) is 0 Å². The van der Waals surface area contributed by atoms with Crippen LogP contribution in [0.4, 0.5) is 0 Å². The van der Waals surface area contributed by atoms with Gasteiger partial charge in [0, 0.05) is 12.8 Å². The fourth-order valence-electron chi connectivity index (χ4n) is 2.37. The fraction of sp³-hybridized carbons (Fsp3) is 0.263. The second kappa shape index (κ2) is 8.48. The molecule has 1 N–H and O–H groups in total. The molecule has 1 heterocycles. The van der Waals surface area contributed by atoms with Crippen LogP contribution in [0.2, 0.25) is 0 Å². The molecule has 0 spiro atoms. The standard InChI is InChI=1S/C19H20N2O3S/c1-23-14-6-8-15(9-7-14)24-13-12-20-18(22)10-11-19-21-16-4-2-3-5-17(16)25-19/h2-9H,10-13H2,1H3,(H,20,22). The first kappa shape index (κ1) is 17.2. The van der Waals surface area contributed by atoms with Crippen molar-refractivity contribution in [2.24, 2.45) is 0 Å². The average Bonchev–Trinajstić information content (AvgIpc) is 3.07. The normalized spacial score (nSPS) is 10.6. The van der Waals surface area contributed by atoms with Crippen molar-refractivity contribution in [1.82, 2.24) is 10.3 Å². The molecule has 1 amide bonds. The van der Waals surface area contributed by atoms with Crippen LogP contribution in [0.1, 0.15) is 11.4 Å². The average molecular weight is 356 g/mol. The number of nitrogens with zero attached hydrogens (tertiary/aromatic N) is 1. The van der Waals surface area contributed by atoms with E-state index < -0.39 is 0 Å². The molecule has 5 nitrogen and oxygen atoms in total. The van der Waals surface area contributed by atoms with E-state index in [9.17, 15) is 4.79 Å². The van der Waals surface area contributed by atoms with E-state index in [2.05, 4.69) is 10.3 Å². The van der Waals surface area contributed by atoms with Crippen LogP contribution in [-0.2, 0) is 11.2 Å². The molecule has 130 valence electrons. The number of nitrogens with one attached hydrogen (secondary N) is 1. The molecular formula is C19H20N2O3S. The predicted molar refractivity (Wildman–Crippen MR) is 99.4 cm³/mol. The lowest BCUT2D eigenvalue weighted by molar-refractivity contribution is -0.121. The van der Waals surface area contributed by atoms with E-state index in [0.29, 0.717) is 26.0 Å². The molecule has 25 heavy (non-hydrogen) atoms. The summed E-state index contributed by atoms with van der Waals surface area (Å²) in [5.74, 6) is 1.55. The van der Waals surface area contributed by atoms with Crippen LogP contribution in [0.5, 0.6) is 11.5 Å². The van der Waals surface area contributed by atoms with E-state index >= 15 is 0 Å². The third kappa shape index (κ3) is 4.93. The molecule has 0 atom stereocenters. The van der Waals surface area contributed by atoms with E-state index in [0.717, 1.165) is 26.7 Å². The third-order valence-corrected chi connectivity index (χ3v) is 4.75. The summed E-state index contributed by atoms with van der Waals surface area (Å²) in [4.78, 5) is 16.5. The maximum absolute atomic E-state index is 11.9. The van der Waals surface area contributed by atoms with Gasteiger partial charge in [-0.2, -0.15) is 0 Å². The number of ether oxygens (including phenoxy) is 2. The highest BCUT2D eigenvalue weighted by atomic mass is 32.1. The molecule has 0 aliphatic carbocycles. The molecule has 0 unspecified atom stereocenters. The van der Waals surface area contributed by atoms with Gasteiger partial charge in [0.2, 0.25) is 5.91 Å². The first-order valence-electron chi connectivity index (χ1n) is 8.12. The Bertz CT molecular complexity index is 797. The molecule has 0 aliphatic heterocycles. The monoisotopic (exact) mass is 356 g/mol. The van der Waals surface area contributed by atoms with Gasteiger partial charge in [0.15, 0.2) is 0 Å². The molecule has 1 aromatic heterocycles. The number of methoxy groups -OCH3 is 1. The maximum atomic E-state index is 11.9. The molecule has 0 saturated heterocycles. The highest BCUT2D eigenvalue weighted by molar-refractivity contribution is 7.18. The summed E-state index contributed by atoms with van der Waals surface area (Å²) in [5, 5.41) is 3.86. The minimum Gasteiger partial charge on any atom is -0.497 e. The third-order valence-electron chi connectivity index (χ3n) is 3.66. The molecule has 0 saturated carbocycles. The van der Waals surface area contributed by atoms with Crippen molar-refractivity contribution in [3.05, 3.63) is 53.5 Å². The number of fused-ring (bicyclic) bond motifs is 1. The summed E-state index contributed by atoms with van der Waals surface area (Å²) < 4.78 is 11.8. The van der Waals surface area contributed by atoms with Gasteiger partial charge in [-0.15, -0.1) is 11.3 Å². The second-order valence-corrected chi connectivity index (χ2v) is 6.56. The minimum absolute atomic E-state index is 0.0117. The van der Waals surface area contributed by atoms with Crippen LogP contribution in [0.15, 0.2) is 48.5 Å². The van der Waals surface area contributed by atoms with Gasteiger partial charge >= 0.3 is 0 Å². The highest BCUT2D eigenvalue weighted by Crippen LogP contribution is 2.22. The largest absolute Gasteiger partial charge is 0.497 e. The summed E-state index contributed by atoms with van der Waals surface area (Å²) in [5.41, 5.74) is 0.996. The fourth-order valence-corrected chi connectivity index (χ4v) is 3.33. The van der Waals surface area contributed by atoms with Gasteiger partial charge < -0.3 is 14.8 Å². The number of amides is 1. The van der Waals surface area contributed by atoms with Gasteiger partial charge in [-0.05, 0) is 36.4 Å². The Morgan fingerprint density at radius 1 is 1.12 bits per heavy atom. The smallest absolute Gasteiger partial charge is 0.220 e. The van der Waals surface area contributed by atoms with E-state index in [1.165, 1.54) is 0 Å². The summed E-state index contributed by atoms with van der Waals surface area (Å²) in [6.07, 6.45) is 1.09. The lowest BCUT2D eigenvalue weighted by Gasteiger charge is -2.08.